The zero-order valence-corrected chi connectivity index (χ0v) is 11.0. The molecular weight excluding hydrogens is 208 g/mol. The molecule has 0 aromatic heterocycles. The van der Waals surface area contributed by atoms with Gasteiger partial charge in [-0.2, -0.15) is 0 Å². The zero-order chi connectivity index (χ0) is 12.3. The van der Waals surface area contributed by atoms with E-state index in [1.165, 1.54) is 31.5 Å². The first-order valence-electron chi connectivity index (χ1n) is 6.77. The fraction of sp³-hybridized carbons (Fsp3) is 0.600. The Labute approximate surface area is 105 Å². The van der Waals surface area contributed by atoms with Crippen molar-refractivity contribution in [2.75, 3.05) is 13.1 Å². The average molecular weight is 232 g/mol. The van der Waals surface area contributed by atoms with E-state index in [9.17, 15) is 0 Å². The van der Waals surface area contributed by atoms with Crippen LogP contribution in [0.5, 0.6) is 0 Å². The third kappa shape index (κ3) is 2.38. The molecule has 0 bridgehead atoms. The summed E-state index contributed by atoms with van der Waals surface area (Å²) in [6.07, 6.45) is 3.62. The third-order valence-electron chi connectivity index (χ3n) is 4.33. The minimum absolute atomic E-state index is 0.217. The molecule has 0 aliphatic carbocycles. The lowest BCUT2D eigenvalue weighted by atomic mass is 9.81. The quantitative estimate of drug-likeness (QED) is 0.865. The van der Waals surface area contributed by atoms with Crippen molar-refractivity contribution in [2.45, 2.75) is 44.7 Å². The molecule has 2 rings (SSSR count). The molecule has 17 heavy (non-hydrogen) atoms. The van der Waals surface area contributed by atoms with E-state index in [4.69, 9.17) is 5.73 Å². The van der Waals surface area contributed by atoms with E-state index in [0.29, 0.717) is 6.04 Å². The molecule has 2 heteroatoms. The summed E-state index contributed by atoms with van der Waals surface area (Å²) in [5.74, 6) is 0. The Balaban J connectivity index is 2.24. The maximum absolute atomic E-state index is 6.70. The van der Waals surface area contributed by atoms with Gasteiger partial charge in [0.2, 0.25) is 0 Å². The lowest BCUT2D eigenvalue weighted by Gasteiger charge is -2.40. The van der Waals surface area contributed by atoms with Gasteiger partial charge in [0.15, 0.2) is 0 Å². The molecule has 0 radical (unpaired) electrons. The molecule has 1 aromatic rings. The topological polar surface area (TPSA) is 29.3 Å². The van der Waals surface area contributed by atoms with Crippen LogP contribution < -0.4 is 5.73 Å². The normalized spacial score (nSPS) is 22.3. The second kappa shape index (κ2) is 5.19. The van der Waals surface area contributed by atoms with Gasteiger partial charge < -0.3 is 5.73 Å². The molecular formula is C15H24N2. The maximum Gasteiger partial charge on any atom is 0.0561 e. The standard InChI is InChI=1S/C15H24N2/c1-3-15(16,14-9-5-4-6-10-14)13(2)17-11-7-8-12-17/h4-6,9-10,13H,3,7-8,11-12,16H2,1-2H3. The Kier molecular flexibility index (Phi) is 3.85. The molecule has 0 amide bonds. The fourth-order valence-corrected chi connectivity index (χ4v) is 2.94. The van der Waals surface area contributed by atoms with Crippen molar-refractivity contribution in [2.24, 2.45) is 5.73 Å². The Morgan fingerprint density at radius 3 is 2.35 bits per heavy atom. The first-order chi connectivity index (χ1) is 8.18. The minimum atomic E-state index is -0.217. The van der Waals surface area contributed by atoms with Crippen molar-refractivity contribution < 1.29 is 0 Å². The molecule has 2 nitrogen and oxygen atoms in total. The van der Waals surface area contributed by atoms with Crippen LogP contribution in [0.3, 0.4) is 0 Å². The zero-order valence-electron chi connectivity index (χ0n) is 11.0. The first kappa shape index (κ1) is 12.6. The minimum Gasteiger partial charge on any atom is -0.320 e. The molecule has 1 heterocycles. The second-order valence-corrected chi connectivity index (χ2v) is 5.18. The summed E-state index contributed by atoms with van der Waals surface area (Å²) in [6.45, 7) is 6.88. The fourth-order valence-electron chi connectivity index (χ4n) is 2.94. The van der Waals surface area contributed by atoms with Crippen LogP contribution in [0.4, 0.5) is 0 Å². The number of rotatable bonds is 4. The molecule has 2 atom stereocenters. The van der Waals surface area contributed by atoms with Gasteiger partial charge in [0.1, 0.15) is 0 Å². The summed E-state index contributed by atoms with van der Waals surface area (Å²) in [7, 11) is 0. The lowest BCUT2D eigenvalue weighted by molar-refractivity contribution is 0.156. The predicted molar refractivity (Wildman–Crippen MR) is 72.9 cm³/mol. The van der Waals surface area contributed by atoms with Gasteiger partial charge in [-0.25, -0.2) is 0 Å². The van der Waals surface area contributed by atoms with Crippen molar-refractivity contribution >= 4 is 0 Å². The van der Waals surface area contributed by atoms with Gasteiger partial charge in [-0.1, -0.05) is 37.3 Å². The Bertz CT molecular complexity index is 343. The van der Waals surface area contributed by atoms with Gasteiger partial charge in [0.05, 0.1) is 5.54 Å². The summed E-state index contributed by atoms with van der Waals surface area (Å²) >= 11 is 0. The highest BCUT2D eigenvalue weighted by atomic mass is 15.2. The van der Waals surface area contributed by atoms with E-state index in [1.54, 1.807) is 0 Å². The van der Waals surface area contributed by atoms with Crippen LogP contribution in [-0.4, -0.2) is 24.0 Å². The van der Waals surface area contributed by atoms with Crippen molar-refractivity contribution in [3.05, 3.63) is 35.9 Å². The van der Waals surface area contributed by atoms with E-state index >= 15 is 0 Å². The van der Waals surface area contributed by atoms with Crippen LogP contribution >= 0.6 is 0 Å². The molecule has 2 unspecified atom stereocenters. The molecule has 1 fully saturated rings. The van der Waals surface area contributed by atoms with E-state index in [0.717, 1.165) is 6.42 Å². The highest BCUT2D eigenvalue weighted by molar-refractivity contribution is 5.26. The van der Waals surface area contributed by atoms with Gasteiger partial charge in [-0.3, -0.25) is 4.90 Å². The van der Waals surface area contributed by atoms with Gasteiger partial charge in [0, 0.05) is 6.04 Å². The second-order valence-electron chi connectivity index (χ2n) is 5.18. The largest absolute Gasteiger partial charge is 0.320 e. The summed E-state index contributed by atoms with van der Waals surface area (Å²) < 4.78 is 0. The van der Waals surface area contributed by atoms with E-state index < -0.39 is 0 Å². The Morgan fingerprint density at radius 2 is 1.82 bits per heavy atom. The van der Waals surface area contributed by atoms with Crippen molar-refractivity contribution in [3.8, 4) is 0 Å². The molecule has 94 valence electrons. The highest BCUT2D eigenvalue weighted by Gasteiger charge is 2.36. The lowest BCUT2D eigenvalue weighted by Crippen LogP contribution is -2.53. The van der Waals surface area contributed by atoms with E-state index in [-0.39, 0.29) is 5.54 Å². The Morgan fingerprint density at radius 1 is 1.24 bits per heavy atom. The van der Waals surface area contributed by atoms with Crippen molar-refractivity contribution in [3.63, 3.8) is 0 Å². The smallest absolute Gasteiger partial charge is 0.0561 e. The number of nitrogens with two attached hydrogens (primary N) is 1. The molecule has 0 saturated carbocycles. The third-order valence-corrected chi connectivity index (χ3v) is 4.33. The van der Waals surface area contributed by atoms with E-state index in [1.807, 2.05) is 0 Å². The van der Waals surface area contributed by atoms with Gasteiger partial charge >= 0.3 is 0 Å². The average Bonchev–Trinajstić information content (AvgIpc) is 2.92. The number of likely N-dealkylation sites (tertiary alicyclic amines) is 1. The van der Waals surface area contributed by atoms with Gasteiger partial charge in [0.25, 0.3) is 0 Å². The Hall–Kier alpha value is -0.860. The number of benzene rings is 1. The number of hydrogen-bond donors (Lipinski definition) is 1. The summed E-state index contributed by atoms with van der Waals surface area (Å²) in [5.41, 5.74) is 7.75. The molecule has 0 spiro atoms. The summed E-state index contributed by atoms with van der Waals surface area (Å²) in [6, 6.07) is 11.0. The van der Waals surface area contributed by atoms with Crippen molar-refractivity contribution in [1.29, 1.82) is 0 Å². The highest BCUT2D eigenvalue weighted by Crippen LogP contribution is 2.30. The number of nitrogens with zero attached hydrogens (tertiary/aromatic N) is 1. The molecule has 2 N–H and O–H groups in total. The summed E-state index contributed by atoms with van der Waals surface area (Å²) in [5, 5.41) is 0. The molecule has 1 saturated heterocycles. The monoisotopic (exact) mass is 232 g/mol. The molecule has 1 aliphatic heterocycles. The molecule has 1 aliphatic rings. The summed E-state index contributed by atoms with van der Waals surface area (Å²) in [4.78, 5) is 2.54. The predicted octanol–water partition coefficient (Wildman–Crippen LogP) is 2.73. The first-order valence-corrected chi connectivity index (χ1v) is 6.77. The van der Waals surface area contributed by atoms with Gasteiger partial charge in [-0.05, 0) is 44.8 Å². The number of hydrogen-bond acceptors (Lipinski definition) is 2. The van der Waals surface area contributed by atoms with E-state index in [2.05, 4.69) is 49.1 Å². The van der Waals surface area contributed by atoms with Crippen LogP contribution in [0.25, 0.3) is 0 Å². The maximum atomic E-state index is 6.70. The SMILES string of the molecule is CCC(N)(c1ccccc1)C(C)N1CCCC1. The van der Waals surface area contributed by atoms with Crippen LogP contribution in [0.15, 0.2) is 30.3 Å². The van der Waals surface area contributed by atoms with Crippen LogP contribution in [-0.2, 0) is 5.54 Å². The van der Waals surface area contributed by atoms with Crippen LogP contribution in [0, 0.1) is 0 Å². The van der Waals surface area contributed by atoms with Crippen LogP contribution in [0.2, 0.25) is 0 Å². The van der Waals surface area contributed by atoms with Gasteiger partial charge in [-0.15, -0.1) is 0 Å². The van der Waals surface area contributed by atoms with Crippen LogP contribution in [0.1, 0.15) is 38.7 Å². The van der Waals surface area contributed by atoms with Crippen molar-refractivity contribution in [1.82, 2.24) is 4.90 Å². The molecule has 1 aromatic carbocycles.